The molecule has 3 aliphatic heterocycles. The van der Waals surface area contributed by atoms with Crippen LogP contribution in [-0.2, 0) is 22.7 Å². The number of nitrogens with zero attached hydrogens (tertiary/aromatic N) is 4. The number of fused-ring (bicyclic) bond motifs is 1. The lowest BCUT2D eigenvalue weighted by atomic mass is 10.0. The van der Waals surface area contributed by atoms with Gasteiger partial charge in [0.2, 0.25) is 11.8 Å². The Morgan fingerprint density at radius 3 is 2.46 bits per heavy atom. The number of benzene rings is 2. The Morgan fingerprint density at radius 2 is 1.77 bits per heavy atom. The lowest BCUT2D eigenvalue weighted by Crippen LogP contribution is -2.52. The van der Waals surface area contributed by atoms with E-state index in [1.807, 2.05) is 11.1 Å². The number of carbonyl (C=O) groups is 3. The standard InChI is InChI=1S/C30H30FN5O3/c1-19-2-5-21(6-3-19)25-7-4-20(16-32-25)17-34-10-12-35(13-11-34)27-14-22-18-36(30(39)23(22)15-24(27)31)26-8-9-28(37)33-29(26)38/h2-7,14-16,26H,8-13,17-18H2,1H3,(H,33,37,38). The third-order valence-corrected chi connectivity index (χ3v) is 7.88. The second-order valence-corrected chi connectivity index (χ2v) is 10.5. The number of piperazine rings is 1. The van der Waals surface area contributed by atoms with E-state index in [1.165, 1.54) is 16.5 Å². The summed E-state index contributed by atoms with van der Waals surface area (Å²) >= 11 is 0. The van der Waals surface area contributed by atoms with E-state index < -0.39 is 17.8 Å². The molecule has 1 atom stereocenters. The Kier molecular flexibility index (Phi) is 6.60. The first-order valence-corrected chi connectivity index (χ1v) is 13.3. The number of amides is 3. The largest absolute Gasteiger partial charge is 0.367 e. The summed E-state index contributed by atoms with van der Waals surface area (Å²) in [5, 5.41) is 2.30. The smallest absolute Gasteiger partial charge is 0.255 e. The highest BCUT2D eigenvalue weighted by atomic mass is 19.1. The molecule has 0 radical (unpaired) electrons. The van der Waals surface area contributed by atoms with Gasteiger partial charge in [-0.3, -0.25) is 29.6 Å². The second-order valence-electron chi connectivity index (χ2n) is 10.5. The fourth-order valence-electron chi connectivity index (χ4n) is 5.64. The fraction of sp³-hybridized carbons (Fsp3) is 0.333. The van der Waals surface area contributed by atoms with Gasteiger partial charge in [0, 0.05) is 63.0 Å². The van der Waals surface area contributed by atoms with Crippen LogP contribution >= 0.6 is 0 Å². The van der Waals surface area contributed by atoms with Crippen molar-refractivity contribution in [2.24, 2.45) is 0 Å². The van der Waals surface area contributed by atoms with E-state index in [1.54, 1.807) is 6.07 Å². The van der Waals surface area contributed by atoms with Gasteiger partial charge in [0.1, 0.15) is 11.9 Å². The van der Waals surface area contributed by atoms with Gasteiger partial charge in [0.25, 0.3) is 5.91 Å². The highest BCUT2D eigenvalue weighted by molar-refractivity contribution is 6.05. The first kappa shape index (κ1) is 25.2. The number of hydrogen-bond acceptors (Lipinski definition) is 6. The molecule has 0 saturated carbocycles. The monoisotopic (exact) mass is 527 g/mol. The summed E-state index contributed by atoms with van der Waals surface area (Å²) < 4.78 is 15.2. The lowest BCUT2D eigenvalue weighted by molar-refractivity contribution is -0.136. The molecule has 9 heteroatoms. The highest BCUT2D eigenvalue weighted by Crippen LogP contribution is 2.33. The molecule has 4 heterocycles. The minimum Gasteiger partial charge on any atom is -0.367 e. The Morgan fingerprint density at radius 1 is 1.00 bits per heavy atom. The van der Waals surface area contributed by atoms with Crippen LogP contribution in [-0.4, -0.2) is 64.7 Å². The zero-order chi connectivity index (χ0) is 27.1. The molecule has 1 unspecified atom stereocenters. The van der Waals surface area contributed by atoms with Crippen LogP contribution in [0.5, 0.6) is 0 Å². The van der Waals surface area contributed by atoms with Gasteiger partial charge in [-0.1, -0.05) is 35.9 Å². The maximum atomic E-state index is 15.2. The average Bonchev–Trinajstić information content (AvgIpc) is 3.24. The van der Waals surface area contributed by atoms with Crippen molar-refractivity contribution in [2.45, 2.75) is 38.9 Å². The number of pyridine rings is 1. The predicted octanol–water partition coefficient (Wildman–Crippen LogP) is 3.28. The van der Waals surface area contributed by atoms with Crippen LogP contribution in [0.4, 0.5) is 10.1 Å². The van der Waals surface area contributed by atoms with Crippen molar-refractivity contribution >= 4 is 23.4 Å². The SMILES string of the molecule is Cc1ccc(-c2ccc(CN3CCN(c4cc5c(cc4F)C(=O)N(C4CCC(=O)NC4=O)C5)CC3)cn2)cc1. The third-order valence-electron chi connectivity index (χ3n) is 7.88. The average molecular weight is 528 g/mol. The summed E-state index contributed by atoms with van der Waals surface area (Å²) in [6.45, 7) is 5.95. The van der Waals surface area contributed by atoms with Crippen molar-refractivity contribution in [2.75, 3.05) is 31.1 Å². The molecule has 1 aromatic heterocycles. The molecule has 0 aliphatic carbocycles. The van der Waals surface area contributed by atoms with Gasteiger partial charge in [0.05, 0.1) is 11.4 Å². The molecule has 2 aromatic carbocycles. The summed E-state index contributed by atoms with van der Waals surface area (Å²) in [4.78, 5) is 47.2. The number of rotatable bonds is 5. The topological polar surface area (TPSA) is 85.9 Å². The van der Waals surface area contributed by atoms with Crippen molar-refractivity contribution in [1.29, 1.82) is 0 Å². The summed E-state index contributed by atoms with van der Waals surface area (Å²) in [6.07, 6.45) is 2.40. The maximum absolute atomic E-state index is 15.2. The third kappa shape index (κ3) is 5.02. The summed E-state index contributed by atoms with van der Waals surface area (Å²) in [5.74, 6) is -1.60. The Bertz CT molecular complexity index is 1430. The summed E-state index contributed by atoms with van der Waals surface area (Å²) in [6, 6.07) is 14.8. The van der Waals surface area contributed by atoms with Gasteiger partial charge in [-0.25, -0.2) is 4.39 Å². The van der Waals surface area contributed by atoms with Crippen LogP contribution in [0, 0.1) is 12.7 Å². The normalized spacial score (nSPS) is 19.8. The van der Waals surface area contributed by atoms with Crippen molar-refractivity contribution in [3.8, 4) is 11.3 Å². The number of carbonyl (C=O) groups excluding carboxylic acids is 3. The number of nitrogens with one attached hydrogen (secondary N) is 1. The van der Waals surface area contributed by atoms with Crippen molar-refractivity contribution < 1.29 is 18.8 Å². The van der Waals surface area contributed by atoms with E-state index in [-0.39, 0.29) is 31.2 Å². The highest BCUT2D eigenvalue weighted by Gasteiger charge is 2.40. The summed E-state index contributed by atoms with van der Waals surface area (Å²) in [5.41, 5.74) is 5.89. The van der Waals surface area contributed by atoms with Crippen molar-refractivity contribution in [3.05, 3.63) is 82.8 Å². The zero-order valence-electron chi connectivity index (χ0n) is 21.8. The van der Waals surface area contributed by atoms with Crippen LogP contribution in [0.15, 0.2) is 54.7 Å². The molecule has 1 N–H and O–H groups in total. The van der Waals surface area contributed by atoms with Gasteiger partial charge >= 0.3 is 0 Å². The second kappa shape index (κ2) is 10.2. The number of halogens is 1. The van der Waals surface area contributed by atoms with Crippen LogP contribution in [0.3, 0.4) is 0 Å². The van der Waals surface area contributed by atoms with Gasteiger partial charge in [-0.2, -0.15) is 0 Å². The van der Waals surface area contributed by atoms with Gasteiger partial charge in [0.15, 0.2) is 0 Å². The van der Waals surface area contributed by atoms with Crippen molar-refractivity contribution in [3.63, 3.8) is 0 Å². The molecule has 200 valence electrons. The number of aryl methyl sites for hydroxylation is 1. The number of anilines is 1. The Labute approximate surface area is 226 Å². The molecular weight excluding hydrogens is 497 g/mol. The molecule has 2 saturated heterocycles. The van der Waals surface area contributed by atoms with E-state index in [4.69, 9.17) is 0 Å². The van der Waals surface area contributed by atoms with E-state index in [0.29, 0.717) is 29.9 Å². The van der Waals surface area contributed by atoms with E-state index in [0.717, 1.165) is 36.5 Å². The number of piperidine rings is 1. The molecule has 3 amide bonds. The Hall–Kier alpha value is -4.11. The van der Waals surface area contributed by atoms with Crippen LogP contribution in [0.25, 0.3) is 11.3 Å². The minimum atomic E-state index is -0.710. The van der Waals surface area contributed by atoms with Crippen LogP contribution < -0.4 is 10.2 Å². The molecule has 0 bridgehead atoms. The van der Waals surface area contributed by atoms with E-state index >= 15 is 4.39 Å². The molecule has 3 aromatic rings. The molecule has 6 rings (SSSR count). The minimum absolute atomic E-state index is 0.188. The van der Waals surface area contributed by atoms with Gasteiger partial charge in [-0.05, 0) is 42.7 Å². The summed E-state index contributed by atoms with van der Waals surface area (Å²) in [7, 11) is 0. The number of aromatic nitrogens is 1. The fourth-order valence-corrected chi connectivity index (χ4v) is 5.64. The van der Waals surface area contributed by atoms with Crippen LogP contribution in [0.2, 0.25) is 0 Å². The number of imide groups is 1. The number of hydrogen-bond donors (Lipinski definition) is 1. The van der Waals surface area contributed by atoms with Crippen LogP contribution in [0.1, 0.15) is 39.9 Å². The van der Waals surface area contributed by atoms with Gasteiger partial charge in [-0.15, -0.1) is 0 Å². The van der Waals surface area contributed by atoms with E-state index in [2.05, 4.69) is 58.5 Å². The maximum Gasteiger partial charge on any atom is 0.255 e. The Balaban J connectivity index is 1.08. The molecule has 3 aliphatic rings. The molecule has 39 heavy (non-hydrogen) atoms. The molecular formula is C30H30FN5O3. The molecule has 2 fully saturated rings. The first-order valence-electron chi connectivity index (χ1n) is 13.3. The quantitative estimate of drug-likeness (QED) is 0.513. The van der Waals surface area contributed by atoms with Crippen molar-refractivity contribution in [1.82, 2.24) is 20.1 Å². The predicted molar refractivity (Wildman–Crippen MR) is 144 cm³/mol. The first-order chi connectivity index (χ1) is 18.9. The van der Waals surface area contributed by atoms with Gasteiger partial charge < -0.3 is 9.80 Å². The lowest BCUT2D eigenvalue weighted by Gasteiger charge is -2.36. The zero-order valence-corrected chi connectivity index (χ0v) is 21.8. The molecule has 8 nitrogen and oxygen atoms in total. The van der Waals surface area contributed by atoms with E-state index in [9.17, 15) is 14.4 Å². The molecule has 0 spiro atoms.